The Morgan fingerprint density at radius 2 is 1.86 bits per heavy atom. The van der Waals surface area contributed by atoms with Crippen LogP contribution < -0.4 is 14.8 Å². The standard InChI is InChI=1S/C21H22N2O4S2/c1-16-7-9-18(10-8-16)27-12-11-22-21(24)17-4-2-6-20(14-17)29(25,26)23-15-19-5-3-13-28-19/h2-10,13-14,23H,11-12,15H2,1H3,(H,22,24). The lowest BCUT2D eigenvalue weighted by Crippen LogP contribution is -2.28. The van der Waals surface area contributed by atoms with Crippen LogP contribution in [0.2, 0.25) is 0 Å². The Hall–Kier alpha value is -2.68. The van der Waals surface area contributed by atoms with Crippen molar-refractivity contribution in [2.24, 2.45) is 0 Å². The molecule has 0 radical (unpaired) electrons. The molecular formula is C21H22N2O4S2. The van der Waals surface area contributed by atoms with Gasteiger partial charge in [-0.15, -0.1) is 11.3 Å². The number of hydrogen-bond acceptors (Lipinski definition) is 5. The second-order valence-corrected chi connectivity index (χ2v) is 9.15. The number of rotatable bonds is 9. The molecule has 6 nitrogen and oxygen atoms in total. The summed E-state index contributed by atoms with van der Waals surface area (Å²) in [4.78, 5) is 13.3. The van der Waals surface area contributed by atoms with Crippen LogP contribution in [0.3, 0.4) is 0 Å². The van der Waals surface area contributed by atoms with E-state index in [9.17, 15) is 13.2 Å². The number of benzene rings is 2. The van der Waals surface area contributed by atoms with Crippen molar-refractivity contribution in [3.63, 3.8) is 0 Å². The average Bonchev–Trinajstić information content (AvgIpc) is 3.25. The van der Waals surface area contributed by atoms with E-state index in [-0.39, 0.29) is 22.9 Å². The number of carbonyl (C=O) groups excluding carboxylic acids is 1. The summed E-state index contributed by atoms with van der Waals surface area (Å²) in [5.41, 5.74) is 1.42. The van der Waals surface area contributed by atoms with Crippen LogP contribution in [0.25, 0.3) is 0 Å². The van der Waals surface area contributed by atoms with Crippen LogP contribution in [0, 0.1) is 6.92 Å². The highest BCUT2D eigenvalue weighted by Crippen LogP contribution is 2.14. The monoisotopic (exact) mass is 430 g/mol. The van der Waals surface area contributed by atoms with Crippen LogP contribution in [-0.4, -0.2) is 27.5 Å². The lowest BCUT2D eigenvalue weighted by atomic mass is 10.2. The van der Waals surface area contributed by atoms with Crippen LogP contribution in [0.15, 0.2) is 70.9 Å². The van der Waals surface area contributed by atoms with E-state index in [0.717, 1.165) is 16.2 Å². The van der Waals surface area contributed by atoms with Crippen molar-refractivity contribution in [3.8, 4) is 5.75 Å². The molecule has 0 fully saturated rings. The van der Waals surface area contributed by atoms with E-state index in [2.05, 4.69) is 10.0 Å². The largest absolute Gasteiger partial charge is 0.492 e. The highest BCUT2D eigenvalue weighted by Gasteiger charge is 2.16. The zero-order valence-electron chi connectivity index (χ0n) is 15.9. The van der Waals surface area contributed by atoms with Gasteiger partial charge in [-0.2, -0.15) is 0 Å². The smallest absolute Gasteiger partial charge is 0.251 e. The molecule has 0 aliphatic rings. The fourth-order valence-electron chi connectivity index (χ4n) is 2.54. The van der Waals surface area contributed by atoms with E-state index in [4.69, 9.17) is 4.74 Å². The second kappa shape index (κ2) is 9.69. The number of amides is 1. The third-order valence-electron chi connectivity index (χ3n) is 4.10. The van der Waals surface area contributed by atoms with Crippen molar-refractivity contribution in [2.75, 3.05) is 13.2 Å². The van der Waals surface area contributed by atoms with Gasteiger partial charge >= 0.3 is 0 Å². The minimum absolute atomic E-state index is 0.0533. The average molecular weight is 431 g/mol. The number of hydrogen-bond donors (Lipinski definition) is 2. The maximum absolute atomic E-state index is 12.5. The summed E-state index contributed by atoms with van der Waals surface area (Å²) in [5.74, 6) is 0.377. The SMILES string of the molecule is Cc1ccc(OCCNC(=O)c2cccc(S(=O)(=O)NCc3cccs3)c2)cc1. The third kappa shape index (κ3) is 6.15. The van der Waals surface area contributed by atoms with Gasteiger partial charge in [0.05, 0.1) is 11.4 Å². The maximum Gasteiger partial charge on any atom is 0.251 e. The van der Waals surface area contributed by atoms with Gasteiger partial charge in [-0.3, -0.25) is 4.79 Å². The van der Waals surface area contributed by atoms with E-state index in [1.807, 2.05) is 48.7 Å². The predicted octanol–water partition coefficient (Wildman–Crippen LogP) is 3.34. The number of sulfonamides is 1. The highest BCUT2D eigenvalue weighted by molar-refractivity contribution is 7.89. The molecule has 29 heavy (non-hydrogen) atoms. The number of carbonyl (C=O) groups is 1. The quantitative estimate of drug-likeness (QED) is 0.510. The predicted molar refractivity (Wildman–Crippen MR) is 114 cm³/mol. The minimum atomic E-state index is -3.71. The Bertz CT molecular complexity index is 1050. The first kappa shape index (κ1) is 21.0. The molecule has 1 aromatic heterocycles. The summed E-state index contributed by atoms with van der Waals surface area (Å²) in [6, 6.07) is 17.3. The zero-order valence-corrected chi connectivity index (χ0v) is 17.6. The van der Waals surface area contributed by atoms with E-state index in [1.165, 1.54) is 23.5 Å². The van der Waals surface area contributed by atoms with Gasteiger partial charge in [-0.1, -0.05) is 29.8 Å². The molecule has 0 aliphatic carbocycles. The number of thiophene rings is 1. The highest BCUT2D eigenvalue weighted by atomic mass is 32.2. The normalized spacial score (nSPS) is 11.2. The van der Waals surface area contributed by atoms with Gasteiger partial charge in [-0.25, -0.2) is 13.1 Å². The molecule has 152 valence electrons. The molecule has 8 heteroatoms. The fourth-order valence-corrected chi connectivity index (χ4v) is 4.33. The maximum atomic E-state index is 12.5. The summed E-state index contributed by atoms with van der Waals surface area (Å²) >= 11 is 1.47. The third-order valence-corrected chi connectivity index (χ3v) is 6.38. The molecule has 0 unspecified atom stereocenters. The van der Waals surface area contributed by atoms with Crippen molar-refractivity contribution in [2.45, 2.75) is 18.4 Å². The molecule has 2 aromatic carbocycles. The molecule has 0 atom stereocenters. The Labute approximate surface area is 174 Å². The van der Waals surface area contributed by atoms with Gasteiger partial charge < -0.3 is 10.1 Å². The van der Waals surface area contributed by atoms with Crippen LogP contribution in [0.1, 0.15) is 20.8 Å². The number of nitrogens with one attached hydrogen (secondary N) is 2. The first-order valence-electron chi connectivity index (χ1n) is 9.04. The molecule has 0 aliphatic heterocycles. The Kier molecular flexibility index (Phi) is 7.03. The number of ether oxygens (including phenoxy) is 1. The van der Waals surface area contributed by atoms with Crippen LogP contribution in [-0.2, 0) is 16.6 Å². The van der Waals surface area contributed by atoms with E-state index < -0.39 is 10.0 Å². The van der Waals surface area contributed by atoms with Crippen LogP contribution in [0.5, 0.6) is 5.75 Å². The van der Waals surface area contributed by atoms with E-state index in [0.29, 0.717) is 13.2 Å². The van der Waals surface area contributed by atoms with Crippen molar-refractivity contribution in [3.05, 3.63) is 82.0 Å². The van der Waals surface area contributed by atoms with Crippen molar-refractivity contribution < 1.29 is 17.9 Å². The topological polar surface area (TPSA) is 84.5 Å². The first-order valence-corrected chi connectivity index (χ1v) is 11.4. The van der Waals surface area contributed by atoms with Gasteiger partial charge in [0, 0.05) is 17.0 Å². The molecule has 1 heterocycles. The molecule has 3 aromatic rings. The summed E-state index contributed by atoms with van der Waals surface area (Å²) in [6.45, 7) is 2.83. The molecule has 3 rings (SSSR count). The molecule has 0 bridgehead atoms. The molecule has 0 saturated carbocycles. The molecule has 1 amide bonds. The van der Waals surface area contributed by atoms with Gasteiger partial charge in [-0.05, 0) is 48.7 Å². The van der Waals surface area contributed by atoms with Gasteiger partial charge in [0.2, 0.25) is 10.0 Å². The van der Waals surface area contributed by atoms with Crippen LogP contribution in [0.4, 0.5) is 0 Å². The van der Waals surface area contributed by atoms with E-state index >= 15 is 0 Å². The first-order chi connectivity index (χ1) is 13.9. The second-order valence-electron chi connectivity index (χ2n) is 6.35. The molecule has 0 saturated heterocycles. The minimum Gasteiger partial charge on any atom is -0.492 e. The lowest BCUT2D eigenvalue weighted by Gasteiger charge is -2.10. The zero-order chi connectivity index (χ0) is 20.7. The van der Waals surface area contributed by atoms with Crippen molar-refractivity contribution in [1.29, 1.82) is 0 Å². The summed E-state index contributed by atoms with van der Waals surface area (Å²) in [6.07, 6.45) is 0. The van der Waals surface area contributed by atoms with Crippen molar-refractivity contribution >= 4 is 27.3 Å². The summed E-state index contributed by atoms with van der Waals surface area (Å²) in [7, 11) is -3.71. The summed E-state index contributed by atoms with van der Waals surface area (Å²) in [5, 5.41) is 4.62. The molecular weight excluding hydrogens is 408 g/mol. The summed E-state index contributed by atoms with van der Waals surface area (Å²) < 4.78 is 33.1. The van der Waals surface area contributed by atoms with Gasteiger partial charge in [0.25, 0.3) is 5.91 Å². The van der Waals surface area contributed by atoms with Crippen LogP contribution >= 0.6 is 11.3 Å². The number of aryl methyl sites for hydroxylation is 1. The van der Waals surface area contributed by atoms with Crippen molar-refractivity contribution in [1.82, 2.24) is 10.0 Å². The fraction of sp³-hybridized carbons (Fsp3) is 0.190. The Morgan fingerprint density at radius 1 is 1.07 bits per heavy atom. The lowest BCUT2D eigenvalue weighted by molar-refractivity contribution is 0.0947. The molecule has 0 spiro atoms. The van der Waals surface area contributed by atoms with E-state index in [1.54, 1.807) is 12.1 Å². The van der Waals surface area contributed by atoms with Gasteiger partial charge in [0.1, 0.15) is 12.4 Å². The Balaban J connectivity index is 1.53. The Morgan fingerprint density at radius 3 is 2.59 bits per heavy atom. The van der Waals surface area contributed by atoms with Gasteiger partial charge in [0.15, 0.2) is 0 Å². The molecule has 2 N–H and O–H groups in total.